The lowest BCUT2D eigenvalue weighted by Gasteiger charge is -2.01. The van der Waals surface area contributed by atoms with Crippen LogP contribution in [0.1, 0.15) is 25.8 Å². The quantitative estimate of drug-likeness (QED) is 0.669. The highest BCUT2D eigenvalue weighted by Crippen LogP contribution is 1.98. The van der Waals surface area contributed by atoms with E-state index in [0.717, 1.165) is 5.56 Å². The molecule has 0 aliphatic heterocycles. The number of aliphatic imine (C=N–C) groups is 1. The molecule has 0 aliphatic carbocycles. The molecule has 1 atom stereocenters. The maximum absolute atomic E-state index is 11.2. The number of Topliss-reactive ketones (excluding diaryl/α,β-unsaturated/α-hetero) is 1. The van der Waals surface area contributed by atoms with Crippen LogP contribution in [0.15, 0.2) is 35.3 Å². The summed E-state index contributed by atoms with van der Waals surface area (Å²) in [7, 11) is 0. The summed E-state index contributed by atoms with van der Waals surface area (Å²) in [6, 6.07) is 9.57. The number of nitrogens with zero attached hydrogens (tertiary/aromatic N) is 1. The average Bonchev–Trinajstić information content (AvgIpc) is 2.26. The Kier molecular flexibility index (Phi) is 4.05. The average molecular weight is 189 g/mol. The number of hydrogen-bond acceptors (Lipinski definition) is 2. The minimum absolute atomic E-state index is 0.178. The largest absolute Gasteiger partial charge is 0.297 e. The normalized spacial score (nSPS) is 13.0. The molecule has 0 heterocycles. The maximum Gasteiger partial charge on any atom is 0.156 e. The molecule has 0 N–H and O–H groups in total. The number of rotatable bonds is 4. The third-order valence-corrected chi connectivity index (χ3v) is 2.06. The van der Waals surface area contributed by atoms with Crippen molar-refractivity contribution in [2.45, 2.75) is 26.3 Å². The van der Waals surface area contributed by atoms with Gasteiger partial charge >= 0.3 is 0 Å². The fourth-order valence-electron chi connectivity index (χ4n) is 1.12. The number of ketones is 1. The minimum Gasteiger partial charge on any atom is -0.297 e. The molecule has 1 aromatic rings. The van der Waals surface area contributed by atoms with Crippen molar-refractivity contribution in [2.75, 3.05) is 0 Å². The lowest BCUT2D eigenvalue weighted by Crippen LogP contribution is -2.13. The molecule has 0 saturated carbocycles. The molecule has 0 spiro atoms. The van der Waals surface area contributed by atoms with E-state index in [2.05, 4.69) is 4.99 Å². The van der Waals surface area contributed by atoms with Crippen molar-refractivity contribution in [1.29, 1.82) is 0 Å². The van der Waals surface area contributed by atoms with E-state index in [-0.39, 0.29) is 11.8 Å². The third kappa shape index (κ3) is 3.13. The van der Waals surface area contributed by atoms with E-state index in [1.807, 2.05) is 44.2 Å². The zero-order valence-corrected chi connectivity index (χ0v) is 8.60. The van der Waals surface area contributed by atoms with Crippen LogP contribution in [0.4, 0.5) is 0 Å². The first-order valence-electron chi connectivity index (χ1n) is 4.85. The van der Waals surface area contributed by atoms with Crippen LogP contribution in [0, 0.1) is 0 Å². The molecule has 0 aromatic heterocycles. The Morgan fingerprint density at radius 1 is 1.43 bits per heavy atom. The Morgan fingerprint density at radius 2 is 2.07 bits per heavy atom. The van der Waals surface area contributed by atoms with Crippen LogP contribution < -0.4 is 0 Å². The van der Waals surface area contributed by atoms with Crippen molar-refractivity contribution in [1.82, 2.24) is 0 Å². The molecule has 1 rings (SSSR count). The molecule has 0 radical (unpaired) electrons. The second-order valence-corrected chi connectivity index (χ2v) is 3.18. The molecular weight excluding hydrogens is 174 g/mol. The predicted octanol–water partition coefficient (Wildman–Crippen LogP) is 2.47. The van der Waals surface area contributed by atoms with Crippen molar-refractivity contribution in [3.63, 3.8) is 0 Å². The van der Waals surface area contributed by atoms with Crippen molar-refractivity contribution in [3.8, 4) is 0 Å². The second kappa shape index (κ2) is 5.32. The van der Waals surface area contributed by atoms with Crippen LogP contribution in [0.5, 0.6) is 0 Å². The molecule has 0 amide bonds. The fraction of sp³-hybridized carbons (Fsp3) is 0.333. The van der Waals surface area contributed by atoms with E-state index in [1.54, 1.807) is 6.21 Å². The summed E-state index contributed by atoms with van der Waals surface area (Å²) in [5.74, 6) is 0.178. The van der Waals surface area contributed by atoms with Gasteiger partial charge in [-0.25, -0.2) is 0 Å². The lowest BCUT2D eigenvalue weighted by molar-refractivity contribution is -0.119. The second-order valence-electron chi connectivity index (χ2n) is 3.18. The van der Waals surface area contributed by atoms with Gasteiger partial charge in [0.15, 0.2) is 5.78 Å². The summed E-state index contributed by atoms with van der Waals surface area (Å²) in [4.78, 5) is 15.4. The summed E-state index contributed by atoms with van der Waals surface area (Å²) in [5.41, 5.74) is 1.03. The number of carbonyl (C=O) groups excluding carboxylic acids is 1. The SMILES string of the molecule is CCC(=O)C(C)N=Cc1ccccc1. The minimum atomic E-state index is -0.222. The van der Waals surface area contributed by atoms with Gasteiger partial charge in [0.1, 0.15) is 6.04 Å². The van der Waals surface area contributed by atoms with Gasteiger partial charge in [-0.2, -0.15) is 0 Å². The van der Waals surface area contributed by atoms with Crippen LogP contribution in [0.25, 0.3) is 0 Å². The van der Waals surface area contributed by atoms with E-state index < -0.39 is 0 Å². The lowest BCUT2D eigenvalue weighted by atomic mass is 10.2. The number of benzene rings is 1. The van der Waals surface area contributed by atoms with E-state index in [9.17, 15) is 4.79 Å². The fourth-order valence-corrected chi connectivity index (χ4v) is 1.12. The van der Waals surface area contributed by atoms with Gasteiger partial charge in [-0.1, -0.05) is 37.3 Å². The highest BCUT2D eigenvalue weighted by molar-refractivity contribution is 5.87. The van der Waals surface area contributed by atoms with Gasteiger partial charge in [-0.15, -0.1) is 0 Å². The standard InChI is InChI=1S/C12H15NO/c1-3-12(14)10(2)13-9-11-7-5-4-6-8-11/h4-10H,3H2,1-2H3. The third-order valence-electron chi connectivity index (χ3n) is 2.06. The molecule has 0 fully saturated rings. The molecular formula is C12H15NO. The first-order chi connectivity index (χ1) is 6.74. The van der Waals surface area contributed by atoms with E-state index in [1.165, 1.54) is 0 Å². The van der Waals surface area contributed by atoms with E-state index in [4.69, 9.17) is 0 Å². The first-order valence-corrected chi connectivity index (χ1v) is 4.85. The Bertz CT molecular complexity index is 316. The molecule has 0 saturated heterocycles. The molecule has 74 valence electrons. The van der Waals surface area contributed by atoms with Gasteiger partial charge in [0, 0.05) is 12.6 Å². The Hall–Kier alpha value is -1.44. The van der Waals surface area contributed by atoms with Gasteiger partial charge in [0.25, 0.3) is 0 Å². The summed E-state index contributed by atoms with van der Waals surface area (Å²) in [6.45, 7) is 3.68. The van der Waals surface area contributed by atoms with Crippen LogP contribution >= 0.6 is 0 Å². The first kappa shape index (κ1) is 10.6. The summed E-state index contributed by atoms with van der Waals surface area (Å²) >= 11 is 0. The molecule has 2 heteroatoms. The monoisotopic (exact) mass is 189 g/mol. The topological polar surface area (TPSA) is 29.4 Å². The van der Waals surface area contributed by atoms with Crippen LogP contribution in [0.3, 0.4) is 0 Å². The zero-order valence-electron chi connectivity index (χ0n) is 8.60. The molecule has 1 aromatic carbocycles. The van der Waals surface area contributed by atoms with Crippen LogP contribution in [-0.2, 0) is 4.79 Å². The van der Waals surface area contributed by atoms with Gasteiger partial charge in [-0.05, 0) is 12.5 Å². The van der Waals surface area contributed by atoms with Crippen molar-refractivity contribution in [3.05, 3.63) is 35.9 Å². The van der Waals surface area contributed by atoms with Gasteiger partial charge in [0.05, 0.1) is 0 Å². The van der Waals surface area contributed by atoms with Gasteiger partial charge in [-0.3, -0.25) is 9.79 Å². The zero-order chi connectivity index (χ0) is 10.4. The molecule has 14 heavy (non-hydrogen) atoms. The highest BCUT2D eigenvalue weighted by atomic mass is 16.1. The van der Waals surface area contributed by atoms with E-state index >= 15 is 0 Å². The smallest absolute Gasteiger partial charge is 0.156 e. The van der Waals surface area contributed by atoms with Crippen LogP contribution in [-0.4, -0.2) is 18.0 Å². The summed E-state index contributed by atoms with van der Waals surface area (Å²) in [6.07, 6.45) is 2.30. The highest BCUT2D eigenvalue weighted by Gasteiger charge is 2.06. The van der Waals surface area contributed by atoms with Gasteiger partial charge in [0.2, 0.25) is 0 Å². The Balaban J connectivity index is 2.60. The predicted molar refractivity (Wildman–Crippen MR) is 58.8 cm³/mol. The molecule has 2 nitrogen and oxygen atoms in total. The summed E-state index contributed by atoms with van der Waals surface area (Å²) < 4.78 is 0. The number of carbonyl (C=O) groups is 1. The van der Waals surface area contributed by atoms with Gasteiger partial charge < -0.3 is 0 Å². The maximum atomic E-state index is 11.2. The molecule has 0 aliphatic rings. The Labute approximate surface area is 84.7 Å². The van der Waals surface area contributed by atoms with Crippen molar-refractivity contribution in [2.24, 2.45) is 4.99 Å². The van der Waals surface area contributed by atoms with Crippen LogP contribution in [0.2, 0.25) is 0 Å². The summed E-state index contributed by atoms with van der Waals surface area (Å²) in [5, 5.41) is 0. The molecule has 0 bridgehead atoms. The van der Waals surface area contributed by atoms with E-state index in [0.29, 0.717) is 6.42 Å². The number of hydrogen-bond donors (Lipinski definition) is 0. The Morgan fingerprint density at radius 3 is 2.64 bits per heavy atom. The molecule has 1 unspecified atom stereocenters. The van der Waals surface area contributed by atoms with Crippen molar-refractivity contribution >= 4 is 12.0 Å². The van der Waals surface area contributed by atoms with Crippen molar-refractivity contribution < 1.29 is 4.79 Å².